The van der Waals surface area contributed by atoms with Gasteiger partial charge in [-0.3, -0.25) is 4.79 Å². The van der Waals surface area contributed by atoms with Crippen LogP contribution >= 0.6 is 11.6 Å². The highest BCUT2D eigenvalue weighted by molar-refractivity contribution is 6.29. The van der Waals surface area contributed by atoms with Crippen LogP contribution in [0.2, 0.25) is 5.15 Å². The van der Waals surface area contributed by atoms with E-state index in [-0.39, 0.29) is 5.56 Å². The van der Waals surface area contributed by atoms with Crippen LogP contribution in [-0.2, 0) is 0 Å². The minimum atomic E-state index is -0.324. The average Bonchev–Trinajstić information content (AvgIpc) is 1.88. The SMILES string of the molecule is C#Cc1ccc(Cl)[nH]c1=O. The Bertz CT molecular complexity index is 334. The van der Waals surface area contributed by atoms with Crippen molar-refractivity contribution in [2.45, 2.75) is 0 Å². The van der Waals surface area contributed by atoms with E-state index >= 15 is 0 Å². The lowest BCUT2D eigenvalue weighted by molar-refractivity contribution is 1.22. The van der Waals surface area contributed by atoms with E-state index in [2.05, 4.69) is 10.9 Å². The van der Waals surface area contributed by atoms with Gasteiger partial charge in [0, 0.05) is 0 Å². The molecule has 1 rings (SSSR count). The van der Waals surface area contributed by atoms with E-state index in [0.717, 1.165) is 0 Å². The highest BCUT2D eigenvalue weighted by atomic mass is 35.5. The summed E-state index contributed by atoms with van der Waals surface area (Å²) in [5, 5.41) is 0.295. The first-order valence-electron chi connectivity index (χ1n) is 2.59. The van der Waals surface area contributed by atoms with Crippen molar-refractivity contribution in [3.63, 3.8) is 0 Å². The lowest BCUT2D eigenvalue weighted by Crippen LogP contribution is -2.08. The van der Waals surface area contributed by atoms with Gasteiger partial charge < -0.3 is 4.98 Å². The number of rotatable bonds is 0. The molecule has 0 aromatic carbocycles. The summed E-state index contributed by atoms with van der Waals surface area (Å²) >= 11 is 5.45. The Morgan fingerprint density at radius 1 is 1.60 bits per heavy atom. The van der Waals surface area contributed by atoms with E-state index in [1.807, 2.05) is 0 Å². The molecule has 50 valence electrons. The molecule has 0 bridgehead atoms. The van der Waals surface area contributed by atoms with Crippen LogP contribution in [-0.4, -0.2) is 4.98 Å². The van der Waals surface area contributed by atoms with Gasteiger partial charge in [0.25, 0.3) is 5.56 Å². The van der Waals surface area contributed by atoms with Crippen molar-refractivity contribution < 1.29 is 0 Å². The van der Waals surface area contributed by atoms with Crippen molar-refractivity contribution in [2.75, 3.05) is 0 Å². The van der Waals surface area contributed by atoms with Gasteiger partial charge in [-0.25, -0.2) is 0 Å². The van der Waals surface area contributed by atoms with Crippen molar-refractivity contribution >= 4 is 11.6 Å². The molecule has 0 atom stereocenters. The van der Waals surface area contributed by atoms with E-state index < -0.39 is 0 Å². The lowest BCUT2D eigenvalue weighted by Gasteiger charge is -1.88. The molecule has 1 aromatic rings. The molecule has 2 nitrogen and oxygen atoms in total. The van der Waals surface area contributed by atoms with Crippen molar-refractivity contribution in [1.82, 2.24) is 4.98 Å². The van der Waals surface area contributed by atoms with E-state index in [1.54, 1.807) is 0 Å². The van der Waals surface area contributed by atoms with E-state index in [9.17, 15) is 4.79 Å². The summed E-state index contributed by atoms with van der Waals surface area (Å²) in [5.41, 5.74) is -0.0283. The molecule has 0 aliphatic carbocycles. The summed E-state index contributed by atoms with van der Waals surface area (Å²) in [4.78, 5) is 13.1. The number of aromatic nitrogens is 1. The van der Waals surface area contributed by atoms with Crippen molar-refractivity contribution in [3.05, 3.63) is 33.2 Å². The van der Waals surface area contributed by atoms with E-state index in [1.165, 1.54) is 12.1 Å². The molecular formula is C7H4ClNO. The molecule has 3 heteroatoms. The quantitative estimate of drug-likeness (QED) is 0.438. The van der Waals surface area contributed by atoms with E-state index in [0.29, 0.717) is 10.7 Å². The maximum atomic E-state index is 10.8. The number of aromatic amines is 1. The molecule has 1 heterocycles. The average molecular weight is 154 g/mol. The molecule has 0 aliphatic heterocycles. The van der Waals surface area contributed by atoms with Crippen molar-refractivity contribution in [3.8, 4) is 12.3 Å². The molecule has 1 aromatic heterocycles. The molecule has 1 N–H and O–H groups in total. The molecule has 0 unspecified atom stereocenters. The fraction of sp³-hybridized carbons (Fsp3) is 0. The standard InChI is InChI=1S/C7H4ClNO/c1-2-5-3-4-6(8)9-7(5)10/h1,3-4H,(H,9,10). The highest BCUT2D eigenvalue weighted by Gasteiger charge is 1.93. The predicted molar refractivity (Wildman–Crippen MR) is 40.0 cm³/mol. The summed E-state index contributed by atoms with van der Waals surface area (Å²) in [5.74, 6) is 2.22. The van der Waals surface area contributed by atoms with Gasteiger partial charge in [0.1, 0.15) is 5.15 Å². The molecule has 0 saturated heterocycles. The first kappa shape index (κ1) is 6.91. The number of H-pyrrole nitrogens is 1. The molecular weight excluding hydrogens is 150 g/mol. The van der Waals surface area contributed by atoms with Gasteiger partial charge in [-0.1, -0.05) is 17.5 Å². The van der Waals surface area contributed by atoms with Crippen LogP contribution in [0, 0.1) is 12.3 Å². The molecule has 0 spiro atoms. The van der Waals surface area contributed by atoms with Crippen LogP contribution in [0.5, 0.6) is 0 Å². The zero-order valence-corrected chi connectivity index (χ0v) is 5.77. The van der Waals surface area contributed by atoms with Gasteiger partial charge >= 0.3 is 0 Å². The summed E-state index contributed by atoms with van der Waals surface area (Å²) in [7, 11) is 0. The van der Waals surface area contributed by atoms with Crippen LogP contribution in [0.15, 0.2) is 16.9 Å². The number of halogens is 1. The fourth-order valence-electron chi connectivity index (χ4n) is 0.563. The first-order chi connectivity index (χ1) is 4.74. The Hall–Kier alpha value is -1.20. The van der Waals surface area contributed by atoms with Crippen LogP contribution < -0.4 is 5.56 Å². The third kappa shape index (κ3) is 1.20. The Morgan fingerprint density at radius 2 is 2.30 bits per heavy atom. The number of hydrogen-bond donors (Lipinski definition) is 1. The Balaban J connectivity index is 3.38. The molecule has 10 heavy (non-hydrogen) atoms. The molecule has 0 aliphatic rings. The summed E-state index contributed by atoms with van der Waals surface area (Å²) in [6.07, 6.45) is 4.99. The number of pyridine rings is 1. The monoisotopic (exact) mass is 153 g/mol. The Kier molecular flexibility index (Phi) is 1.79. The van der Waals surface area contributed by atoms with Crippen LogP contribution in [0.25, 0.3) is 0 Å². The summed E-state index contributed by atoms with van der Waals surface area (Å²) < 4.78 is 0. The normalized spacial score (nSPS) is 8.80. The van der Waals surface area contributed by atoms with Gasteiger partial charge in [0.15, 0.2) is 0 Å². The largest absolute Gasteiger partial charge is 0.312 e. The second-order valence-electron chi connectivity index (χ2n) is 1.69. The zero-order valence-electron chi connectivity index (χ0n) is 5.02. The number of hydrogen-bond acceptors (Lipinski definition) is 1. The third-order valence-corrected chi connectivity index (χ3v) is 1.25. The van der Waals surface area contributed by atoms with Gasteiger partial charge in [0.2, 0.25) is 0 Å². The predicted octanol–water partition coefficient (Wildman–Crippen LogP) is 1.01. The first-order valence-corrected chi connectivity index (χ1v) is 2.97. The van der Waals surface area contributed by atoms with Crippen molar-refractivity contribution in [1.29, 1.82) is 0 Å². The highest BCUT2D eigenvalue weighted by Crippen LogP contribution is 1.99. The summed E-state index contributed by atoms with van der Waals surface area (Å²) in [6.45, 7) is 0. The maximum absolute atomic E-state index is 10.8. The molecule has 0 fully saturated rings. The molecule has 0 radical (unpaired) electrons. The topological polar surface area (TPSA) is 32.9 Å². The Labute approximate surface area is 62.8 Å². The lowest BCUT2D eigenvalue weighted by atomic mass is 10.3. The van der Waals surface area contributed by atoms with Gasteiger partial charge in [-0.05, 0) is 12.1 Å². The second-order valence-corrected chi connectivity index (χ2v) is 2.10. The Morgan fingerprint density at radius 3 is 2.80 bits per heavy atom. The molecule has 0 saturated carbocycles. The summed E-state index contributed by atoms with van der Waals surface area (Å²) in [6, 6.07) is 3.04. The number of nitrogens with one attached hydrogen (secondary N) is 1. The van der Waals surface area contributed by atoms with Crippen LogP contribution in [0.4, 0.5) is 0 Å². The third-order valence-electron chi connectivity index (χ3n) is 1.03. The maximum Gasteiger partial charge on any atom is 0.264 e. The second kappa shape index (κ2) is 2.59. The minimum Gasteiger partial charge on any atom is -0.312 e. The number of terminal acetylenes is 1. The fourth-order valence-corrected chi connectivity index (χ4v) is 0.712. The van der Waals surface area contributed by atoms with Gasteiger partial charge in [0.05, 0.1) is 5.56 Å². The van der Waals surface area contributed by atoms with Gasteiger partial charge in [-0.15, -0.1) is 6.42 Å². The zero-order chi connectivity index (χ0) is 7.56. The molecule has 0 amide bonds. The van der Waals surface area contributed by atoms with Crippen LogP contribution in [0.1, 0.15) is 5.56 Å². The van der Waals surface area contributed by atoms with Crippen LogP contribution in [0.3, 0.4) is 0 Å². The van der Waals surface area contributed by atoms with Gasteiger partial charge in [-0.2, -0.15) is 0 Å². The smallest absolute Gasteiger partial charge is 0.264 e. The van der Waals surface area contributed by atoms with Crippen molar-refractivity contribution in [2.24, 2.45) is 0 Å². The van der Waals surface area contributed by atoms with E-state index in [4.69, 9.17) is 18.0 Å². The minimum absolute atomic E-state index is 0.295.